The second-order valence-corrected chi connectivity index (χ2v) is 3.92. The van der Waals surface area contributed by atoms with Gasteiger partial charge in [0.15, 0.2) is 0 Å². The van der Waals surface area contributed by atoms with Gasteiger partial charge in [-0.2, -0.15) is 0 Å². The fourth-order valence-corrected chi connectivity index (χ4v) is 2.02. The molecule has 1 heterocycles. The molecule has 17 heavy (non-hydrogen) atoms. The first kappa shape index (κ1) is 11.6. The summed E-state index contributed by atoms with van der Waals surface area (Å²) in [5.41, 5.74) is 7.52. The van der Waals surface area contributed by atoms with Crippen LogP contribution in [-0.4, -0.2) is 29.1 Å². The summed E-state index contributed by atoms with van der Waals surface area (Å²) in [4.78, 5) is 14.1. The Morgan fingerprint density at radius 2 is 2.18 bits per heavy atom. The van der Waals surface area contributed by atoms with Gasteiger partial charge in [-0.3, -0.25) is 4.79 Å². The molecule has 2 aromatic rings. The van der Waals surface area contributed by atoms with E-state index in [2.05, 4.69) is 10.3 Å². The van der Waals surface area contributed by atoms with Crippen molar-refractivity contribution in [1.82, 2.24) is 10.3 Å². The van der Waals surface area contributed by atoms with Gasteiger partial charge in [-0.1, -0.05) is 18.2 Å². The van der Waals surface area contributed by atoms with Gasteiger partial charge in [0.2, 0.25) is 0 Å². The third-order valence-corrected chi connectivity index (χ3v) is 2.91. The topological polar surface area (TPSA) is 91.1 Å². The molecular weight excluding hydrogens is 218 g/mol. The molecule has 1 aromatic heterocycles. The highest BCUT2D eigenvalue weighted by atomic mass is 16.4. The molecule has 90 valence electrons. The van der Waals surface area contributed by atoms with E-state index in [-0.39, 0.29) is 0 Å². The normalized spacial score (nSPS) is 14.7. The molecule has 0 fully saturated rings. The largest absolute Gasteiger partial charge is 0.480 e. The Morgan fingerprint density at radius 1 is 1.47 bits per heavy atom. The molecule has 1 aromatic carbocycles. The smallest absolute Gasteiger partial charge is 0.322 e. The monoisotopic (exact) mass is 233 g/mol. The standard InChI is InChI=1S/C12H15N3O2/c1-14-11(10(13)12(16)17)8-6-15-9-5-3-2-4-7(8)9/h2-6,10-11,14-15H,13H2,1H3,(H,16,17). The average Bonchev–Trinajstić information content (AvgIpc) is 2.74. The van der Waals surface area contributed by atoms with Crippen LogP contribution in [0.15, 0.2) is 30.5 Å². The number of carboxylic acid groups (broad SMARTS) is 1. The van der Waals surface area contributed by atoms with Crippen molar-refractivity contribution in [2.75, 3.05) is 7.05 Å². The number of hydrogen-bond donors (Lipinski definition) is 4. The van der Waals surface area contributed by atoms with Gasteiger partial charge in [0.25, 0.3) is 0 Å². The van der Waals surface area contributed by atoms with Crippen LogP contribution in [0.3, 0.4) is 0 Å². The Bertz CT molecular complexity index is 535. The summed E-state index contributed by atoms with van der Waals surface area (Å²) in [6.45, 7) is 0. The van der Waals surface area contributed by atoms with Gasteiger partial charge in [-0.05, 0) is 18.7 Å². The molecular formula is C12H15N3O2. The van der Waals surface area contributed by atoms with Crippen molar-refractivity contribution in [1.29, 1.82) is 0 Å². The summed E-state index contributed by atoms with van der Waals surface area (Å²) in [7, 11) is 1.70. The number of carbonyl (C=O) groups is 1. The zero-order chi connectivity index (χ0) is 12.4. The number of H-pyrrole nitrogens is 1. The maximum Gasteiger partial charge on any atom is 0.322 e. The molecule has 0 saturated heterocycles. The van der Waals surface area contributed by atoms with Crippen molar-refractivity contribution in [3.8, 4) is 0 Å². The molecule has 0 aliphatic carbocycles. The second kappa shape index (κ2) is 4.57. The van der Waals surface area contributed by atoms with Gasteiger partial charge < -0.3 is 21.1 Å². The highest BCUT2D eigenvalue weighted by molar-refractivity contribution is 5.85. The molecule has 0 spiro atoms. The van der Waals surface area contributed by atoms with E-state index in [1.165, 1.54) is 0 Å². The van der Waals surface area contributed by atoms with Gasteiger partial charge in [0, 0.05) is 17.1 Å². The SMILES string of the molecule is CNC(c1c[nH]c2ccccc12)C(N)C(=O)O. The Labute approximate surface area is 98.6 Å². The van der Waals surface area contributed by atoms with Gasteiger partial charge in [0.05, 0.1) is 6.04 Å². The van der Waals surface area contributed by atoms with E-state index in [1.54, 1.807) is 13.2 Å². The minimum atomic E-state index is -1.02. The first-order valence-corrected chi connectivity index (χ1v) is 5.37. The maximum absolute atomic E-state index is 11.0. The summed E-state index contributed by atoms with van der Waals surface area (Å²) in [6, 6.07) is 6.34. The van der Waals surface area contributed by atoms with Crippen LogP contribution in [0.1, 0.15) is 11.6 Å². The third-order valence-electron chi connectivity index (χ3n) is 2.91. The number of rotatable bonds is 4. The van der Waals surface area contributed by atoms with E-state index in [0.717, 1.165) is 16.5 Å². The van der Waals surface area contributed by atoms with E-state index in [4.69, 9.17) is 10.8 Å². The lowest BCUT2D eigenvalue weighted by molar-refractivity contribution is -0.139. The Hall–Kier alpha value is -1.85. The molecule has 0 bridgehead atoms. The number of fused-ring (bicyclic) bond motifs is 1. The average molecular weight is 233 g/mol. The Balaban J connectivity index is 2.47. The van der Waals surface area contributed by atoms with Gasteiger partial charge in [-0.25, -0.2) is 0 Å². The van der Waals surface area contributed by atoms with Gasteiger partial charge in [-0.15, -0.1) is 0 Å². The molecule has 5 nitrogen and oxygen atoms in total. The van der Waals surface area contributed by atoms with E-state index >= 15 is 0 Å². The predicted octanol–water partition coefficient (Wildman–Crippen LogP) is 0.840. The number of para-hydroxylation sites is 1. The number of hydrogen-bond acceptors (Lipinski definition) is 3. The van der Waals surface area contributed by atoms with Crippen LogP contribution in [0.2, 0.25) is 0 Å². The van der Waals surface area contributed by atoms with Crippen LogP contribution in [0.4, 0.5) is 0 Å². The lowest BCUT2D eigenvalue weighted by atomic mass is 9.99. The van der Waals surface area contributed by atoms with Gasteiger partial charge >= 0.3 is 5.97 Å². The third kappa shape index (κ3) is 2.02. The van der Waals surface area contributed by atoms with Crippen molar-refractivity contribution in [2.45, 2.75) is 12.1 Å². The molecule has 0 radical (unpaired) electrons. The maximum atomic E-state index is 11.0. The second-order valence-electron chi connectivity index (χ2n) is 3.92. The molecule has 5 heteroatoms. The number of aromatic nitrogens is 1. The van der Waals surface area contributed by atoms with Crippen LogP contribution in [0.25, 0.3) is 10.9 Å². The van der Waals surface area contributed by atoms with Crippen LogP contribution in [0, 0.1) is 0 Å². The number of carboxylic acids is 1. The van der Waals surface area contributed by atoms with E-state index in [9.17, 15) is 4.79 Å². The first-order valence-electron chi connectivity index (χ1n) is 5.37. The van der Waals surface area contributed by atoms with Crippen molar-refractivity contribution < 1.29 is 9.90 Å². The Kier molecular flexibility index (Phi) is 3.12. The summed E-state index contributed by atoms with van der Waals surface area (Å²) in [5, 5.41) is 12.9. The van der Waals surface area contributed by atoms with Crippen LogP contribution < -0.4 is 11.1 Å². The predicted molar refractivity (Wildman–Crippen MR) is 65.7 cm³/mol. The number of nitrogens with one attached hydrogen (secondary N) is 2. The molecule has 0 aliphatic heterocycles. The summed E-state index contributed by atoms with van der Waals surface area (Å²) >= 11 is 0. The molecule has 5 N–H and O–H groups in total. The van der Waals surface area contributed by atoms with Crippen LogP contribution >= 0.6 is 0 Å². The van der Waals surface area contributed by atoms with Crippen molar-refractivity contribution in [3.05, 3.63) is 36.0 Å². The molecule has 0 aliphatic rings. The number of nitrogens with two attached hydrogens (primary N) is 1. The number of likely N-dealkylation sites (N-methyl/N-ethyl adjacent to an activating group) is 1. The van der Waals surface area contributed by atoms with Crippen LogP contribution in [-0.2, 0) is 4.79 Å². The minimum Gasteiger partial charge on any atom is -0.480 e. The van der Waals surface area contributed by atoms with Crippen molar-refractivity contribution >= 4 is 16.9 Å². The lowest BCUT2D eigenvalue weighted by Crippen LogP contribution is -2.42. The zero-order valence-corrected chi connectivity index (χ0v) is 9.47. The van der Waals surface area contributed by atoms with Gasteiger partial charge in [0.1, 0.15) is 6.04 Å². The van der Waals surface area contributed by atoms with E-state index in [1.807, 2.05) is 24.3 Å². The fourth-order valence-electron chi connectivity index (χ4n) is 2.02. The summed E-state index contributed by atoms with van der Waals surface area (Å²) in [5.74, 6) is -1.02. The molecule has 2 unspecified atom stereocenters. The Morgan fingerprint density at radius 3 is 2.82 bits per heavy atom. The summed E-state index contributed by atoms with van der Waals surface area (Å²) in [6.07, 6.45) is 1.80. The molecule has 2 atom stereocenters. The first-order chi connectivity index (χ1) is 8.15. The van der Waals surface area contributed by atoms with E-state index in [0.29, 0.717) is 0 Å². The quantitative estimate of drug-likeness (QED) is 0.629. The number of aliphatic carboxylic acids is 1. The fraction of sp³-hybridized carbons (Fsp3) is 0.250. The van der Waals surface area contributed by atoms with Crippen LogP contribution in [0.5, 0.6) is 0 Å². The highest BCUT2D eigenvalue weighted by Gasteiger charge is 2.26. The molecule has 0 amide bonds. The lowest BCUT2D eigenvalue weighted by Gasteiger charge is -2.19. The highest BCUT2D eigenvalue weighted by Crippen LogP contribution is 2.25. The molecule has 2 rings (SSSR count). The van der Waals surface area contributed by atoms with Crippen molar-refractivity contribution in [2.24, 2.45) is 5.73 Å². The van der Waals surface area contributed by atoms with E-state index < -0.39 is 18.1 Å². The zero-order valence-electron chi connectivity index (χ0n) is 9.47. The summed E-state index contributed by atoms with van der Waals surface area (Å²) < 4.78 is 0. The van der Waals surface area contributed by atoms with Crippen molar-refractivity contribution in [3.63, 3.8) is 0 Å². The number of aromatic amines is 1. The molecule has 0 saturated carbocycles. The number of benzene rings is 1. The minimum absolute atomic E-state index is 0.413.